The summed E-state index contributed by atoms with van der Waals surface area (Å²) in [5, 5.41) is 10.0. The van der Waals surface area contributed by atoms with Crippen LogP contribution < -0.4 is 4.74 Å². The molecule has 0 aliphatic rings. The highest BCUT2D eigenvalue weighted by Gasteiger charge is 2.15. The predicted octanol–water partition coefficient (Wildman–Crippen LogP) is 7.20. The number of amides is 1. The van der Waals surface area contributed by atoms with Crippen molar-refractivity contribution in [1.82, 2.24) is 4.90 Å². The van der Waals surface area contributed by atoms with Crippen molar-refractivity contribution in [3.05, 3.63) is 100 Å². The topological polar surface area (TPSA) is 66.8 Å². The summed E-state index contributed by atoms with van der Waals surface area (Å²) in [5.41, 5.74) is 3.16. The molecule has 1 N–H and O–H groups in total. The molecule has 1 amide bonds. The van der Waals surface area contributed by atoms with E-state index >= 15 is 0 Å². The molecule has 5 nitrogen and oxygen atoms in total. The summed E-state index contributed by atoms with van der Waals surface area (Å²) in [7, 11) is 0. The zero-order chi connectivity index (χ0) is 26.5. The number of hydrogen-bond acceptors (Lipinski definition) is 3. The van der Waals surface area contributed by atoms with E-state index in [-0.39, 0.29) is 18.1 Å². The maximum Gasteiger partial charge on any atom is 0.339 e. The van der Waals surface area contributed by atoms with Crippen molar-refractivity contribution in [2.45, 2.75) is 58.5 Å². The average Bonchev–Trinajstić information content (AvgIpc) is 2.91. The number of rotatable bonds is 15. The number of ether oxygens (including phenoxy) is 1. The van der Waals surface area contributed by atoms with Crippen LogP contribution in [-0.4, -0.2) is 35.0 Å². The number of carboxylic acid groups (broad SMARTS) is 1. The number of aromatic carboxylic acids is 1. The standard InChI is InChI=1S/C31H36ClNO4/c1-2-3-4-5-8-20-33(21-19-24-15-17-27(32)18-16-24)30(34)22-25-11-13-26(14-12-25)23-37-29-10-7-6-9-28(29)31(35)36/h6-7,9-18H,2-5,8,19-23H2,1H3,(H,35,36). The maximum atomic E-state index is 13.2. The molecular weight excluding hydrogens is 486 g/mol. The van der Waals surface area contributed by atoms with E-state index in [0.29, 0.717) is 23.7 Å². The molecule has 0 aliphatic heterocycles. The lowest BCUT2D eigenvalue weighted by atomic mass is 10.1. The molecule has 37 heavy (non-hydrogen) atoms. The van der Waals surface area contributed by atoms with Gasteiger partial charge in [0, 0.05) is 18.1 Å². The van der Waals surface area contributed by atoms with Crippen molar-refractivity contribution >= 4 is 23.5 Å². The highest BCUT2D eigenvalue weighted by Crippen LogP contribution is 2.20. The van der Waals surface area contributed by atoms with E-state index in [1.807, 2.05) is 53.4 Å². The van der Waals surface area contributed by atoms with Crippen LogP contribution in [0, 0.1) is 0 Å². The van der Waals surface area contributed by atoms with E-state index < -0.39 is 5.97 Å². The second kappa shape index (κ2) is 15.1. The minimum atomic E-state index is -1.02. The molecule has 0 saturated heterocycles. The molecule has 0 heterocycles. The summed E-state index contributed by atoms with van der Waals surface area (Å²) < 4.78 is 5.73. The number of carbonyl (C=O) groups is 2. The van der Waals surface area contributed by atoms with Crippen LogP contribution in [0.5, 0.6) is 5.75 Å². The Bertz CT molecular complexity index is 1130. The van der Waals surface area contributed by atoms with Crippen molar-refractivity contribution in [1.29, 1.82) is 0 Å². The van der Waals surface area contributed by atoms with E-state index in [4.69, 9.17) is 16.3 Å². The number of hydrogen-bond donors (Lipinski definition) is 1. The van der Waals surface area contributed by atoms with Crippen molar-refractivity contribution in [2.75, 3.05) is 13.1 Å². The summed E-state index contributed by atoms with van der Waals surface area (Å²) >= 11 is 6.01. The third-order valence-electron chi connectivity index (χ3n) is 6.36. The minimum absolute atomic E-state index is 0.129. The number of benzene rings is 3. The fourth-order valence-electron chi connectivity index (χ4n) is 4.15. The highest BCUT2D eigenvalue weighted by atomic mass is 35.5. The van der Waals surface area contributed by atoms with Gasteiger partial charge in [0.15, 0.2) is 0 Å². The van der Waals surface area contributed by atoms with E-state index in [0.717, 1.165) is 36.9 Å². The van der Waals surface area contributed by atoms with Crippen LogP contribution in [0.1, 0.15) is 66.1 Å². The predicted molar refractivity (Wildman–Crippen MR) is 148 cm³/mol. The lowest BCUT2D eigenvalue weighted by molar-refractivity contribution is -0.130. The van der Waals surface area contributed by atoms with Crippen molar-refractivity contribution in [3.8, 4) is 5.75 Å². The van der Waals surface area contributed by atoms with Crippen LogP contribution in [0.15, 0.2) is 72.8 Å². The second-order valence-electron chi connectivity index (χ2n) is 9.25. The van der Waals surface area contributed by atoms with Crippen LogP contribution in [0.2, 0.25) is 5.02 Å². The van der Waals surface area contributed by atoms with Crippen molar-refractivity contribution in [3.63, 3.8) is 0 Å². The largest absolute Gasteiger partial charge is 0.488 e. The first kappa shape index (κ1) is 28.3. The molecule has 3 aromatic carbocycles. The Balaban J connectivity index is 1.56. The van der Waals surface area contributed by atoms with Gasteiger partial charge in [-0.25, -0.2) is 4.79 Å². The van der Waals surface area contributed by atoms with Gasteiger partial charge >= 0.3 is 5.97 Å². The van der Waals surface area contributed by atoms with E-state index in [1.54, 1.807) is 18.2 Å². The van der Waals surface area contributed by atoms with Crippen LogP contribution >= 0.6 is 11.6 Å². The molecule has 196 valence electrons. The van der Waals surface area contributed by atoms with Gasteiger partial charge in [0.1, 0.15) is 17.9 Å². The smallest absolute Gasteiger partial charge is 0.339 e. The lowest BCUT2D eigenvalue weighted by Crippen LogP contribution is -2.35. The summed E-state index contributed by atoms with van der Waals surface area (Å²) in [5.74, 6) is -0.552. The summed E-state index contributed by atoms with van der Waals surface area (Å²) in [6, 6.07) is 22.1. The van der Waals surface area contributed by atoms with Gasteiger partial charge in [0.25, 0.3) is 0 Å². The maximum absolute atomic E-state index is 13.2. The summed E-state index contributed by atoms with van der Waals surface area (Å²) in [6.07, 6.45) is 6.93. The quantitative estimate of drug-likeness (QED) is 0.215. The Labute approximate surface area is 225 Å². The van der Waals surface area contributed by atoms with E-state index in [1.165, 1.54) is 30.9 Å². The zero-order valence-corrected chi connectivity index (χ0v) is 22.3. The van der Waals surface area contributed by atoms with Gasteiger partial charge in [-0.1, -0.05) is 92.7 Å². The first-order valence-corrected chi connectivity index (χ1v) is 13.4. The van der Waals surface area contributed by atoms with Crippen LogP contribution in [0.25, 0.3) is 0 Å². The molecule has 0 aliphatic carbocycles. The Morgan fingerprint density at radius 1 is 0.811 bits per heavy atom. The van der Waals surface area contributed by atoms with Crippen molar-refractivity contribution in [2.24, 2.45) is 0 Å². The molecule has 0 bridgehead atoms. The minimum Gasteiger partial charge on any atom is -0.488 e. The molecule has 3 rings (SSSR count). The first-order valence-electron chi connectivity index (χ1n) is 13.0. The van der Waals surface area contributed by atoms with Crippen molar-refractivity contribution < 1.29 is 19.4 Å². The zero-order valence-electron chi connectivity index (χ0n) is 21.5. The molecule has 0 saturated carbocycles. The number of unbranched alkanes of at least 4 members (excludes halogenated alkanes) is 4. The number of carbonyl (C=O) groups excluding carboxylic acids is 1. The molecule has 0 radical (unpaired) electrons. The normalized spacial score (nSPS) is 10.8. The van der Waals surface area contributed by atoms with Gasteiger partial charge in [0.05, 0.1) is 6.42 Å². The third kappa shape index (κ3) is 9.58. The Morgan fingerprint density at radius 2 is 1.46 bits per heavy atom. The monoisotopic (exact) mass is 521 g/mol. The Morgan fingerprint density at radius 3 is 2.16 bits per heavy atom. The Hall–Kier alpha value is -3.31. The molecule has 0 fully saturated rings. The fraction of sp³-hybridized carbons (Fsp3) is 0.355. The lowest BCUT2D eigenvalue weighted by Gasteiger charge is -2.23. The second-order valence-corrected chi connectivity index (χ2v) is 9.69. The van der Waals surface area contributed by atoms with Gasteiger partial charge in [0.2, 0.25) is 5.91 Å². The molecule has 0 spiro atoms. The first-order chi connectivity index (χ1) is 18.0. The molecule has 6 heteroatoms. The van der Waals surface area contributed by atoms with Crippen LogP contribution in [0.3, 0.4) is 0 Å². The molecule has 0 aromatic heterocycles. The van der Waals surface area contributed by atoms with Gasteiger partial charge < -0.3 is 14.7 Å². The molecular formula is C31H36ClNO4. The number of halogens is 1. The van der Waals surface area contributed by atoms with Gasteiger partial charge in [-0.3, -0.25) is 4.79 Å². The molecule has 0 unspecified atom stereocenters. The van der Waals surface area contributed by atoms with E-state index in [9.17, 15) is 14.7 Å². The SMILES string of the molecule is CCCCCCCN(CCc1ccc(Cl)cc1)C(=O)Cc1ccc(COc2ccccc2C(=O)O)cc1. The van der Waals surface area contributed by atoms with E-state index in [2.05, 4.69) is 6.92 Å². The van der Waals surface area contributed by atoms with Crippen LogP contribution in [0.4, 0.5) is 0 Å². The van der Waals surface area contributed by atoms with Gasteiger partial charge in [-0.2, -0.15) is 0 Å². The Kier molecular flexibility index (Phi) is 11.5. The number of nitrogens with zero attached hydrogens (tertiary/aromatic N) is 1. The number of para-hydroxylation sites is 1. The van der Waals surface area contributed by atoms with Gasteiger partial charge in [-0.15, -0.1) is 0 Å². The summed E-state index contributed by atoms with van der Waals surface area (Å²) in [4.78, 5) is 26.6. The molecule has 3 aromatic rings. The highest BCUT2D eigenvalue weighted by molar-refractivity contribution is 6.30. The summed E-state index contributed by atoms with van der Waals surface area (Å²) in [6.45, 7) is 3.91. The van der Waals surface area contributed by atoms with Gasteiger partial charge in [-0.05, 0) is 53.8 Å². The molecule has 0 atom stereocenters. The third-order valence-corrected chi connectivity index (χ3v) is 6.61. The number of carboxylic acids is 1. The fourth-order valence-corrected chi connectivity index (χ4v) is 4.28. The van der Waals surface area contributed by atoms with Crippen LogP contribution in [-0.2, 0) is 24.2 Å². The average molecular weight is 522 g/mol.